The molecule has 0 aliphatic heterocycles. The number of anilines is 1. The minimum Gasteiger partial charge on any atom is -0.390 e. The smallest absolute Gasteiger partial charge is 0.223 e. The minimum absolute atomic E-state index is 0.0405. The van der Waals surface area contributed by atoms with E-state index in [4.69, 9.17) is 10.1 Å². The quantitative estimate of drug-likeness (QED) is 0.757. The molecule has 0 saturated heterocycles. The number of rotatable bonds is 5. The van der Waals surface area contributed by atoms with Crippen LogP contribution in [0.4, 0.5) is 5.95 Å². The predicted molar refractivity (Wildman–Crippen MR) is 85.4 cm³/mol. The molecule has 2 N–H and O–H groups in total. The molecule has 6 heteroatoms. The molecule has 1 atom stereocenters. The van der Waals surface area contributed by atoms with Crippen LogP contribution in [0.1, 0.15) is 31.4 Å². The van der Waals surface area contributed by atoms with Gasteiger partial charge in [-0.3, -0.25) is 0 Å². The van der Waals surface area contributed by atoms with Crippen LogP contribution in [0, 0.1) is 0 Å². The second-order valence-corrected chi connectivity index (χ2v) is 5.10. The third-order valence-corrected chi connectivity index (χ3v) is 3.61. The lowest BCUT2D eigenvalue weighted by molar-refractivity contribution is 0.277. The van der Waals surface area contributed by atoms with E-state index >= 15 is 0 Å². The van der Waals surface area contributed by atoms with Crippen LogP contribution in [-0.2, 0) is 13.2 Å². The van der Waals surface area contributed by atoms with Crippen molar-refractivity contribution in [1.82, 2.24) is 19.5 Å². The lowest BCUT2D eigenvalue weighted by atomic mass is 10.3. The van der Waals surface area contributed by atoms with Crippen molar-refractivity contribution in [2.24, 2.45) is 0 Å². The predicted octanol–water partition coefficient (Wildman–Crippen LogP) is 2.51. The van der Waals surface area contributed by atoms with E-state index in [1.54, 1.807) is 12.3 Å². The van der Waals surface area contributed by atoms with Crippen molar-refractivity contribution < 1.29 is 5.11 Å². The van der Waals surface area contributed by atoms with Crippen molar-refractivity contribution in [3.63, 3.8) is 0 Å². The molecule has 6 nitrogen and oxygen atoms in total. The molecule has 3 aromatic rings. The van der Waals surface area contributed by atoms with Crippen molar-refractivity contribution in [3.05, 3.63) is 48.0 Å². The highest BCUT2D eigenvalue weighted by Gasteiger charge is 2.16. The number of benzene rings is 1. The van der Waals surface area contributed by atoms with Crippen LogP contribution in [0.25, 0.3) is 11.0 Å². The van der Waals surface area contributed by atoms with Gasteiger partial charge in [-0.15, -0.1) is 0 Å². The molecular weight excluding hydrogens is 278 g/mol. The molecule has 0 aliphatic carbocycles. The molecule has 0 spiro atoms. The summed E-state index contributed by atoms with van der Waals surface area (Å²) in [6.45, 7) is 4.88. The molecular formula is C16H19N5O. The number of aliphatic hydroxyl groups excluding tert-OH is 1. The summed E-state index contributed by atoms with van der Waals surface area (Å²) in [7, 11) is 0. The molecule has 3 rings (SSSR count). The summed E-state index contributed by atoms with van der Waals surface area (Å²) >= 11 is 0. The first-order valence-electron chi connectivity index (χ1n) is 7.37. The number of fused-ring (bicyclic) bond motifs is 1. The molecule has 114 valence electrons. The summed E-state index contributed by atoms with van der Waals surface area (Å²) in [6.07, 6.45) is 1.64. The van der Waals surface area contributed by atoms with E-state index in [2.05, 4.69) is 32.8 Å². The lowest BCUT2D eigenvalue weighted by Gasteiger charge is -2.15. The highest BCUT2D eigenvalue weighted by molar-refractivity contribution is 5.76. The fourth-order valence-corrected chi connectivity index (χ4v) is 2.57. The highest BCUT2D eigenvalue weighted by atomic mass is 16.3. The Morgan fingerprint density at radius 2 is 2.05 bits per heavy atom. The number of hydrogen-bond acceptors (Lipinski definition) is 5. The summed E-state index contributed by atoms with van der Waals surface area (Å²) in [5, 5.41) is 12.4. The molecule has 2 aromatic heterocycles. The Kier molecular flexibility index (Phi) is 4.02. The van der Waals surface area contributed by atoms with E-state index in [1.807, 2.05) is 25.1 Å². The summed E-state index contributed by atoms with van der Waals surface area (Å²) in [6, 6.07) is 9.75. The topological polar surface area (TPSA) is 75.9 Å². The largest absolute Gasteiger partial charge is 0.390 e. The van der Waals surface area contributed by atoms with Crippen molar-refractivity contribution in [2.75, 3.05) is 5.32 Å². The Morgan fingerprint density at radius 1 is 1.23 bits per heavy atom. The molecule has 0 fully saturated rings. The van der Waals surface area contributed by atoms with Crippen LogP contribution in [0.2, 0.25) is 0 Å². The Labute approximate surface area is 128 Å². The van der Waals surface area contributed by atoms with Crippen LogP contribution in [0.3, 0.4) is 0 Å². The fourth-order valence-electron chi connectivity index (χ4n) is 2.57. The summed E-state index contributed by atoms with van der Waals surface area (Å²) in [4.78, 5) is 13.2. The summed E-state index contributed by atoms with van der Waals surface area (Å²) < 4.78 is 2.18. The van der Waals surface area contributed by atoms with Gasteiger partial charge in [0.05, 0.1) is 29.4 Å². The van der Waals surface area contributed by atoms with Gasteiger partial charge in [-0.2, -0.15) is 0 Å². The average Bonchev–Trinajstić information content (AvgIpc) is 2.93. The number of aromatic nitrogens is 4. The van der Waals surface area contributed by atoms with Gasteiger partial charge in [-0.25, -0.2) is 15.0 Å². The fraction of sp³-hybridized carbons (Fsp3) is 0.312. The zero-order valence-electron chi connectivity index (χ0n) is 12.7. The molecule has 1 aromatic carbocycles. The molecule has 0 radical (unpaired) electrons. The Balaban J connectivity index is 1.92. The normalized spacial score (nSPS) is 12.5. The molecule has 0 aliphatic rings. The standard InChI is InChI=1S/C16H19N5O/c1-3-21-14-7-5-4-6-13(14)20-15(21)11(2)18-16-17-9-8-12(10-22)19-16/h4-9,11,22H,3,10H2,1-2H3,(H,17,18,19). The van der Waals surface area contributed by atoms with Crippen LogP contribution >= 0.6 is 0 Å². The zero-order chi connectivity index (χ0) is 15.5. The number of hydrogen-bond donors (Lipinski definition) is 2. The molecule has 0 saturated carbocycles. The maximum absolute atomic E-state index is 9.16. The SMILES string of the molecule is CCn1c(C(C)Nc2nccc(CO)n2)nc2ccccc21. The number of nitrogens with one attached hydrogen (secondary N) is 1. The number of nitrogens with zero attached hydrogens (tertiary/aromatic N) is 4. The van der Waals surface area contributed by atoms with Crippen LogP contribution in [-0.4, -0.2) is 24.6 Å². The number of aryl methyl sites for hydroxylation is 1. The van der Waals surface area contributed by atoms with Crippen molar-refractivity contribution in [2.45, 2.75) is 33.0 Å². The van der Waals surface area contributed by atoms with Crippen molar-refractivity contribution in [3.8, 4) is 0 Å². The van der Waals surface area contributed by atoms with Gasteiger partial charge in [0, 0.05) is 12.7 Å². The Bertz CT molecular complexity index is 783. The Hall–Kier alpha value is -2.47. The zero-order valence-corrected chi connectivity index (χ0v) is 12.7. The van der Waals surface area contributed by atoms with Gasteiger partial charge in [-0.1, -0.05) is 12.1 Å². The van der Waals surface area contributed by atoms with E-state index in [-0.39, 0.29) is 12.6 Å². The lowest BCUT2D eigenvalue weighted by Crippen LogP contribution is -2.15. The van der Waals surface area contributed by atoms with Crippen LogP contribution < -0.4 is 5.32 Å². The highest BCUT2D eigenvalue weighted by Crippen LogP contribution is 2.22. The number of para-hydroxylation sites is 2. The van der Waals surface area contributed by atoms with Crippen LogP contribution in [0.15, 0.2) is 36.5 Å². The van der Waals surface area contributed by atoms with E-state index in [0.717, 1.165) is 23.4 Å². The number of imidazole rings is 1. The van der Waals surface area contributed by atoms with E-state index < -0.39 is 0 Å². The summed E-state index contributed by atoms with van der Waals surface area (Å²) in [5.41, 5.74) is 2.70. The third-order valence-electron chi connectivity index (χ3n) is 3.61. The minimum atomic E-state index is -0.0982. The first kappa shape index (κ1) is 14.5. The van der Waals surface area contributed by atoms with Crippen LogP contribution in [0.5, 0.6) is 0 Å². The second kappa shape index (κ2) is 6.11. The third kappa shape index (κ3) is 2.65. The van der Waals surface area contributed by atoms with Gasteiger partial charge in [0.2, 0.25) is 5.95 Å². The van der Waals surface area contributed by atoms with Gasteiger partial charge in [0.25, 0.3) is 0 Å². The molecule has 22 heavy (non-hydrogen) atoms. The first-order valence-corrected chi connectivity index (χ1v) is 7.37. The van der Waals surface area contributed by atoms with Gasteiger partial charge < -0.3 is 15.0 Å². The van der Waals surface area contributed by atoms with Crippen molar-refractivity contribution >= 4 is 17.0 Å². The van der Waals surface area contributed by atoms with E-state index in [0.29, 0.717) is 11.6 Å². The maximum Gasteiger partial charge on any atom is 0.223 e. The van der Waals surface area contributed by atoms with Gasteiger partial charge >= 0.3 is 0 Å². The average molecular weight is 297 g/mol. The number of aliphatic hydroxyl groups is 1. The van der Waals surface area contributed by atoms with Crippen molar-refractivity contribution in [1.29, 1.82) is 0 Å². The van der Waals surface area contributed by atoms with Gasteiger partial charge in [-0.05, 0) is 32.0 Å². The van der Waals surface area contributed by atoms with Gasteiger partial charge in [0.15, 0.2) is 0 Å². The summed E-state index contributed by atoms with van der Waals surface area (Å²) in [5.74, 6) is 1.44. The second-order valence-electron chi connectivity index (χ2n) is 5.10. The molecule has 0 amide bonds. The van der Waals surface area contributed by atoms with E-state index in [1.165, 1.54) is 0 Å². The molecule has 2 heterocycles. The van der Waals surface area contributed by atoms with Gasteiger partial charge in [0.1, 0.15) is 5.82 Å². The monoisotopic (exact) mass is 297 g/mol. The Morgan fingerprint density at radius 3 is 2.82 bits per heavy atom. The first-order chi connectivity index (χ1) is 10.7. The molecule has 1 unspecified atom stereocenters. The maximum atomic E-state index is 9.16. The van der Waals surface area contributed by atoms with E-state index in [9.17, 15) is 0 Å². The molecule has 0 bridgehead atoms.